The Morgan fingerprint density at radius 2 is 2.11 bits per heavy atom. The molecule has 0 aliphatic carbocycles. The highest BCUT2D eigenvalue weighted by atomic mass is 15.1. The third-order valence-electron chi connectivity index (χ3n) is 3.14. The van der Waals surface area contributed by atoms with Gasteiger partial charge in [0, 0.05) is 12.0 Å². The Bertz CT molecular complexity index is 584. The summed E-state index contributed by atoms with van der Waals surface area (Å²) in [5.74, 6) is 0.561. The Morgan fingerprint density at radius 1 is 1.39 bits per heavy atom. The van der Waals surface area contributed by atoms with E-state index < -0.39 is 0 Å². The number of anilines is 1. The van der Waals surface area contributed by atoms with Gasteiger partial charge in [-0.2, -0.15) is 0 Å². The molecule has 0 saturated heterocycles. The minimum Gasteiger partial charge on any atom is -0.387 e. The molecule has 0 radical (unpaired) electrons. The van der Waals surface area contributed by atoms with Crippen LogP contribution in [0.4, 0.5) is 5.82 Å². The van der Waals surface area contributed by atoms with E-state index in [-0.39, 0.29) is 11.3 Å². The number of hydrogen-bond donors (Lipinski definition) is 3. The first kappa shape index (κ1) is 12.3. The van der Waals surface area contributed by atoms with Gasteiger partial charge in [0.05, 0.1) is 12.2 Å². The van der Waals surface area contributed by atoms with Crippen LogP contribution in [0.3, 0.4) is 0 Å². The molecule has 2 heterocycles. The number of aryl methyl sites for hydroxylation is 1. The average Bonchev–Trinajstić information content (AvgIpc) is 2.71. The Hall–Kier alpha value is -2.18. The van der Waals surface area contributed by atoms with Crippen molar-refractivity contribution in [1.82, 2.24) is 19.5 Å². The van der Waals surface area contributed by atoms with Crippen molar-refractivity contribution >= 4 is 22.8 Å². The molecule has 0 aliphatic rings. The van der Waals surface area contributed by atoms with Gasteiger partial charge in [-0.25, -0.2) is 15.0 Å². The van der Waals surface area contributed by atoms with Crippen LogP contribution in [0.5, 0.6) is 0 Å². The van der Waals surface area contributed by atoms with Gasteiger partial charge in [0.1, 0.15) is 11.8 Å². The van der Waals surface area contributed by atoms with Crippen LogP contribution in [0, 0.1) is 10.8 Å². The third-order valence-corrected chi connectivity index (χ3v) is 3.14. The Kier molecular flexibility index (Phi) is 2.90. The van der Waals surface area contributed by atoms with Crippen LogP contribution in [0.25, 0.3) is 11.2 Å². The smallest absolute Gasteiger partial charge is 0.165 e. The SMILES string of the molecule is CC(C)(CCn1cnc2c(N)ncnc21)C(=N)N. The highest BCUT2D eigenvalue weighted by Gasteiger charge is 2.21. The fourth-order valence-corrected chi connectivity index (χ4v) is 1.60. The van der Waals surface area contributed by atoms with E-state index in [2.05, 4.69) is 15.0 Å². The zero-order valence-corrected chi connectivity index (χ0v) is 10.5. The van der Waals surface area contributed by atoms with E-state index >= 15 is 0 Å². The average molecular weight is 247 g/mol. The number of nitrogens with two attached hydrogens (primary N) is 2. The van der Waals surface area contributed by atoms with Crippen molar-refractivity contribution in [3.05, 3.63) is 12.7 Å². The molecule has 7 heteroatoms. The molecule has 0 bridgehead atoms. The molecule has 18 heavy (non-hydrogen) atoms. The van der Waals surface area contributed by atoms with Gasteiger partial charge in [0.25, 0.3) is 0 Å². The minimum atomic E-state index is -0.338. The highest BCUT2D eigenvalue weighted by molar-refractivity contribution is 5.83. The van der Waals surface area contributed by atoms with Crippen molar-refractivity contribution in [1.29, 1.82) is 5.41 Å². The number of aromatic nitrogens is 4. The molecular formula is C11H17N7. The summed E-state index contributed by atoms with van der Waals surface area (Å²) < 4.78 is 1.90. The summed E-state index contributed by atoms with van der Waals surface area (Å²) in [6.45, 7) is 4.56. The topological polar surface area (TPSA) is 119 Å². The number of rotatable bonds is 4. The van der Waals surface area contributed by atoms with Gasteiger partial charge >= 0.3 is 0 Å². The summed E-state index contributed by atoms with van der Waals surface area (Å²) in [6, 6.07) is 0. The second kappa shape index (κ2) is 4.25. The van der Waals surface area contributed by atoms with E-state index in [9.17, 15) is 0 Å². The fourth-order valence-electron chi connectivity index (χ4n) is 1.60. The quantitative estimate of drug-likeness (QED) is 0.544. The Balaban J connectivity index is 2.23. The maximum Gasteiger partial charge on any atom is 0.165 e. The van der Waals surface area contributed by atoms with Crippen LogP contribution < -0.4 is 11.5 Å². The van der Waals surface area contributed by atoms with Crippen LogP contribution in [0.2, 0.25) is 0 Å². The second-order valence-electron chi connectivity index (χ2n) is 4.92. The molecule has 0 spiro atoms. The van der Waals surface area contributed by atoms with Crippen LogP contribution >= 0.6 is 0 Å². The first-order valence-electron chi connectivity index (χ1n) is 5.67. The first-order valence-corrected chi connectivity index (χ1v) is 5.67. The molecule has 5 N–H and O–H groups in total. The molecule has 2 aromatic rings. The summed E-state index contributed by atoms with van der Waals surface area (Å²) in [5, 5.41) is 7.53. The lowest BCUT2D eigenvalue weighted by Crippen LogP contribution is -2.31. The first-order chi connectivity index (χ1) is 8.42. The van der Waals surface area contributed by atoms with Crippen LogP contribution in [-0.4, -0.2) is 25.4 Å². The molecule has 0 fully saturated rings. The molecule has 0 amide bonds. The predicted octanol–water partition coefficient (Wildman–Crippen LogP) is 0.761. The van der Waals surface area contributed by atoms with Crippen LogP contribution in [0.15, 0.2) is 12.7 Å². The number of nitrogens with one attached hydrogen (secondary N) is 1. The van der Waals surface area contributed by atoms with E-state index in [1.54, 1.807) is 6.33 Å². The number of amidine groups is 1. The summed E-state index contributed by atoms with van der Waals surface area (Å²) in [6.07, 6.45) is 3.84. The van der Waals surface area contributed by atoms with E-state index in [1.165, 1.54) is 6.33 Å². The van der Waals surface area contributed by atoms with Gasteiger partial charge < -0.3 is 16.0 Å². The molecule has 96 valence electrons. The Morgan fingerprint density at radius 3 is 2.78 bits per heavy atom. The molecule has 0 saturated carbocycles. The lowest BCUT2D eigenvalue weighted by atomic mass is 9.88. The Labute approximate surface area is 105 Å². The van der Waals surface area contributed by atoms with E-state index in [0.717, 1.165) is 6.42 Å². The van der Waals surface area contributed by atoms with Gasteiger partial charge in [-0.05, 0) is 6.42 Å². The van der Waals surface area contributed by atoms with Gasteiger partial charge in [-0.15, -0.1) is 0 Å². The highest BCUT2D eigenvalue weighted by Crippen LogP contribution is 2.22. The van der Waals surface area contributed by atoms with Gasteiger partial charge in [-0.3, -0.25) is 5.41 Å². The third kappa shape index (κ3) is 2.11. The van der Waals surface area contributed by atoms with Gasteiger partial charge in [0.2, 0.25) is 0 Å². The number of fused-ring (bicyclic) bond motifs is 1. The van der Waals surface area contributed by atoms with E-state index in [4.69, 9.17) is 16.9 Å². The van der Waals surface area contributed by atoms with Crippen molar-refractivity contribution in [3.63, 3.8) is 0 Å². The van der Waals surface area contributed by atoms with Gasteiger partial charge in [0.15, 0.2) is 11.5 Å². The maximum atomic E-state index is 7.53. The number of hydrogen-bond acceptors (Lipinski definition) is 5. The zero-order chi connectivity index (χ0) is 13.3. The van der Waals surface area contributed by atoms with Crippen molar-refractivity contribution in [2.75, 3.05) is 5.73 Å². The van der Waals surface area contributed by atoms with Crippen molar-refractivity contribution in [3.8, 4) is 0 Å². The molecule has 0 atom stereocenters. The van der Waals surface area contributed by atoms with E-state index in [0.29, 0.717) is 23.5 Å². The predicted molar refractivity (Wildman–Crippen MR) is 70.0 cm³/mol. The van der Waals surface area contributed by atoms with Crippen LogP contribution in [0.1, 0.15) is 20.3 Å². The molecule has 0 aliphatic heterocycles. The molecular weight excluding hydrogens is 230 g/mol. The summed E-state index contributed by atoms with van der Waals surface area (Å²) >= 11 is 0. The summed E-state index contributed by atoms with van der Waals surface area (Å²) in [4.78, 5) is 12.3. The minimum absolute atomic E-state index is 0.182. The molecule has 0 aromatic carbocycles. The van der Waals surface area contributed by atoms with Crippen LogP contribution in [-0.2, 0) is 6.54 Å². The van der Waals surface area contributed by atoms with Crippen molar-refractivity contribution in [2.45, 2.75) is 26.8 Å². The molecule has 2 aromatic heterocycles. The zero-order valence-electron chi connectivity index (χ0n) is 10.5. The fraction of sp³-hybridized carbons (Fsp3) is 0.455. The van der Waals surface area contributed by atoms with Crippen molar-refractivity contribution in [2.24, 2.45) is 11.1 Å². The maximum absolute atomic E-state index is 7.53. The normalized spacial score (nSPS) is 11.9. The second-order valence-corrected chi connectivity index (χ2v) is 4.92. The largest absolute Gasteiger partial charge is 0.387 e. The molecule has 7 nitrogen and oxygen atoms in total. The summed E-state index contributed by atoms with van der Waals surface area (Å²) in [7, 11) is 0. The number of nitrogen functional groups attached to an aromatic ring is 1. The number of imidazole rings is 1. The number of nitrogens with zero attached hydrogens (tertiary/aromatic N) is 4. The van der Waals surface area contributed by atoms with E-state index in [1.807, 2.05) is 18.4 Å². The molecule has 0 unspecified atom stereocenters. The summed E-state index contributed by atoms with van der Waals surface area (Å²) in [5.41, 5.74) is 12.3. The lowest BCUT2D eigenvalue weighted by Gasteiger charge is -2.22. The lowest BCUT2D eigenvalue weighted by molar-refractivity contribution is 0.430. The molecule has 2 rings (SSSR count). The monoisotopic (exact) mass is 247 g/mol. The standard InChI is InChI=1S/C11H17N7/c1-11(2,10(13)14)3-4-18-6-17-7-8(12)15-5-16-9(7)18/h5-6H,3-4H2,1-2H3,(H3,13,14)(H2,12,15,16). The van der Waals surface area contributed by atoms with Crippen molar-refractivity contribution < 1.29 is 0 Å². The van der Waals surface area contributed by atoms with Gasteiger partial charge in [-0.1, -0.05) is 13.8 Å².